The third kappa shape index (κ3) is 3.41. The van der Waals surface area contributed by atoms with Gasteiger partial charge in [-0.25, -0.2) is 0 Å². The molecule has 13 heavy (non-hydrogen) atoms. The maximum atomic E-state index is 5.56. The molecule has 0 aromatic heterocycles. The molecule has 72 valence electrons. The molecule has 1 unspecified atom stereocenters. The Morgan fingerprint density at radius 1 is 1.31 bits per heavy atom. The Labute approximate surface area is 84.7 Å². The molecule has 1 rings (SSSR count). The third-order valence-corrected chi connectivity index (χ3v) is 3.14. The molecule has 0 radical (unpaired) electrons. The SMILES string of the molecule is CCc1ccc(SC(C)CN)cc1. The van der Waals surface area contributed by atoms with E-state index in [9.17, 15) is 0 Å². The smallest absolute Gasteiger partial charge is 0.0189 e. The standard InChI is InChI=1S/C11H17NS/c1-3-10-4-6-11(7-5-10)13-9(2)8-12/h4-7,9H,3,8,12H2,1-2H3. The molecule has 0 saturated carbocycles. The summed E-state index contributed by atoms with van der Waals surface area (Å²) >= 11 is 1.84. The molecule has 2 N–H and O–H groups in total. The molecule has 0 spiro atoms. The summed E-state index contributed by atoms with van der Waals surface area (Å²) in [7, 11) is 0. The van der Waals surface area contributed by atoms with Crippen molar-refractivity contribution in [2.75, 3.05) is 6.54 Å². The van der Waals surface area contributed by atoms with Gasteiger partial charge in [-0.05, 0) is 24.1 Å². The fourth-order valence-electron chi connectivity index (χ4n) is 1.08. The predicted molar refractivity (Wildman–Crippen MR) is 60.2 cm³/mol. The van der Waals surface area contributed by atoms with E-state index < -0.39 is 0 Å². The molecule has 0 heterocycles. The minimum Gasteiger partial charge on any atom is -0.329 e. The fourth-order valence-corrected chi connectivity index (χ4v) is 1.94. The van der Waals surface area contributed by atoms with Gasteiger partial charge >= 0.3 is 0 Å². The highest BCUT2D eigenvalue weighted by molar-refractivity contribution is 8.00. The van der Waals surface area contributed by atoms with E-state index in [0.717, 1.165) is 13.0 Å². The fraction of sp³-hybridized carbons (Fsp3) is 0.455. The van der Waals surface area contributed by atoms with E-state index in [1.54, 1.807) is 0 Å². The van der Waals surface area contributed by atoms with Crippen molar-refractivity contribution in [3.05, 3.63) is 29.8 Å². The lowest BCUT2D eigenvalue weighted by Crippen LogP contribution is -2.12. The van der Waals surface area contributed by atoms with Crippen LogP contribution in [0.2, 0.25) is 0 Å². The first-order valence-corrected chi connectivity index (χ1v) is 5.60. The molecule has 1 aromatic carbocycles. The van der Waals surface area contributed by atoms with Gasteiger partial charge in [0.2, 0.25) is 0 Å². The Balaban J connectivity index is 2.58. The molecule has 0 aliphatic heterocycles. The van der Waals surface area contributed by atoms with E-state index in [1.807, 2.05) is 11.8 Å². The summed E-state index contributed by atoms with van der Waals surface area (Å²) in [6.45, 7) is 5.06. The van der Waals surface area contributed by atoms with Gasteiger partial charge in [0.15, 0.2) is 0 Å². The van der Waals surface area contributed by atoms with E-state index in [2.05, 4.69) is 38.1 Å². The zero-order chi connectivity index (χ0) is 9.68. The summed E-state index contributed by atoms with van der Waals surface area (Å²) in [6, 6.07) is 8.72. The van der Waals surface area contributed by atoms with Gasteiger partial charge < -0.3 is 5.73 Å². The molecule has 1 atom stereocenters. The largest absolute Gasteiger partial charge is 0.329 e. The lowest BCUT2D eigenvalue weighted by molar-refractivity contribution is 0.951. The van der Waals surface area contributed by atoms with E-state index in [4.69, 9.17) is 5.73 Å². The Hall–Kier alpha value is -0.470. The highest BCUT2D eigenvalue weighted by Crippen LogP contribution is 2.22. The van der Waals surface area contributed by atoms with Crippen LogP contribution in [0, 0.1) is 0 Å². The second-order valence-corrected chi connectivity index (χ2v) is 4.67. The van der Waals surface area contributed by atoms with E-state index in [0.29, 0.717) is 5.25 Å². The lowest BCUT2D eigenvalue weighted by atomic mass is 10.2. The van der Waals surface area contributed by atoms with Gasteiger partial charge in [0.1, 0.15) is 0 Å². The highest BCUT2D eigenvalue weighted by atomic mass is 32.2. The van der Waals surface area contributed by atoms with Crippen molar-refractivity contribution in [1.82, 2.24) is 0 Å². The van der Waals surface area contributed by atoms with Gasteiger partial charge in [-0.3, -0.25) is 0 Å². The normalized spacial score (nSPS) is 12.8. The first kappa shape index (κ1) is 10.6. The number of nitrogens with two attached hydrogens (primary N) is 1. The lowest BCUT2D eigenvalue weighted by Gasteiger charge is -2.07. The quantitative estimate of drug-likeness (QED) is 0.748. The molecule has 0 aliphatic rings. The highest BCUT2D eigenvalue weighted by Gasteiger charge is 2.00. The number of benzene rings is 1. The monoisotopic (exact) mass is 195 g/mol. The van der Waals surface area contributed by atoms with Crippen LogP contribution in [-0.4, -0.2) is 11.8 Å². The van der Waals surface area contributed by atoms with Gasteiger partial charge in [-0.2, -0.15) is 0 Å². The summed E-state index contributed by atoms with van der Waals surface area (Å²) in [4.78, 5) is 1.31. The van der Waals surface area contributed by atoms with Crippen molar-refractivity contribution < 1.29 is 0 Å². The van der Waals surface area contributed by atoms with Gasteiger partial charge in [-0.1, -0.05) is 26.0 Å². The number of hydrogen-bond acceptors (Lipinski definition) is 2. The maximum absolute atomic E-state index is 5.56. The van der Waals surface area contributed by atoms with Gasteiger partial charge in [0.25, 0.3) is 0 Å². The molecular formula is C11H17NS. The van der Waals surface area contributed by atoms with E-state index in [-0.39, 0.29) is 0 Å². The van der Waals surface area contributed by atoms with Crippen LogP contribution in [0.5, 0.6) is 0 Å². The van der Waals surface area contributed by atoms with Crippen LogP contribution in [0.1, 0.15) is 19.4 Å². The Morgan fingerprint density at radius 3 is 2.38 bits per heavy atom. The van der Waals surface area contributed by atoms with Crippen LogP contribution in [0.15, 0.2) is 29.2 Å². The Bertz CT molecular complexity index is 243. The molecule has 0 fully saturated rings. The second kappa shape index (κ2) is 5.30. The summed E-state index contributed by atoms with van der Waals surface area (Å²) < 4.78 is 0. The van der Waals surface area contributed by atoms with Crippen molar-refractivity contribution in [2.24, 2.45) is 5.73 Å². The number of rotatable bonds is 4. The minimum atomic E-state index is 0.507. The molecule has 1 nitrogen and oxygen atoms in total. The van der Waals surface area contributed by atoms with Crippen LogP contribution in [0.25, 0.3) is 0 Å². The minimum absolute atomic E-state index is 0.507. The zero-order valence-electron chi connectivity index (χ0n) is 8.29. The first-order chi connectivity index (χ1) is 6.26. The number of aryl methyl sites for hydroxylation is 1. The Kier molecular flexibility index (Phi) is 4.33. The van der Waals surface area contributed by atoms with Gasteiger partial charge in [0.05, 0.1) is 0 Å². The van der Waals surface area contributed by atoms with Crippen LogP contribution in [0.3, 0.4) is 0 Å². The number of hydrogen-bond donors (Lipinski definition) is 1. The molecule has 0 aliphatic carbocycles. The number of thioether (sulfide) groups is 1. The van der Waals surface area contributed by atoms with Gasteiger partial charge in [-0.15, -0.1) is 11.8 Å². The zero-order valence-corrected chi connectivity index (χ0v) is 9.10. The molecular weight excluding hydrogens is 178 g/mol. The molecule has 0 amide bonds. The maximum Gasteiger partial charge on any atom is 0.0189 e. The predicted octanol–water partition coefficient (Wildman–Crippen LogP) is 2.69. The van der Waals surface area contributed by atoms with Crippen molar-refractivity contribution in [3.63, 3.8) is 0 Å². The molecule has 0 saturated heterocycles. The third-order valence-electron chi connectivity index (χ3n) is 2.00. The van der Waals surface area contributed by atoms with Crippen LogP contribution in [0.4, 0.5) is 0 Å². The van der Waals surface area contributed by atoms with Crippen molar-refractivity contribution >= 4 is 11.8 Å². The summed E-state index contributed by atoms with van der Waals surface area (Å²) in [5, 5.41) is 0.507. The average molecular weight is 195 g/mol. The first-order valence-electron chi connectivity index (χ1n) is 4.72. The topological polar surface area (TPSA) is 26.0 Å². The average Bonchev–Trinajstić information content (AvgIpc) is 2.19. The van der Waals surface area contributed by atoms with E-state index in [1.165, 1.54) is 10.5 Å². The summed E-state index contributed by atoms with van der Waals surface area (Å²) in [5.74, 6) is 0. The summed E-state index contributed by atoms with van der Waals surface area (Å²) in [5.41, 5.74) is 6.95. The van der Waals surface area contributed by atoms with Crippen LogP contribution >= 0.6 is 11.8 Å². The molecule has 2 heteroatoms. The molecule has 0 bridgehead atoms. The van der Waals surface area contributed by atoms with Crippen LogP contribution < -0.4 is 5.73 Å². The van der Waals surface area contributed by atoms with Gasteiger partial charge in [0, 0.05) is 16.7 Å². The summed E-state index contributed by atoms with van der Waals surface area (Å²) in [6.07, 6.45) is 1.11. The van der Waals surface area contributed by atoms with Crippen LogP contribution in [-0.2, 0) is 6.42 Å². The van der Waals surface area contributed by atoms with Crippen molar-refractivity contribution in [2.45, 2.75) is 30.4 Å². The van der Waals surface area contributed by atoms with E-state index >= 15 is 0 Å². The molecule has 1 aromatic rings. The van der Waals surface area contributed by atoms with Crippen molar-refractivity contribution in [3.8, 4) is 0 Å². The Morgan fingerprint density at radius 2 is 1.92 bits per heavy atom. The second-order valence-electron chi connectivity index (χ2n) is 3.16. The van der Waals surface area contributed by atoms with Crippen molar-refractivity contribution in [1.29, 1.82) is 0 Å².